The van der Waals surface area contributed by atoms with Crippen molar-refractivity contribution in [2.24, 2.45) is 18.7 Å². The van der Waals surface area contributed by atoms with Crippen LogP contribution in [-0.2, 0) is 7.05 Å². The summed E-state index contributed by atoms with van der Waals surface area (Å²) in [6.07, 6.45) is 4.12. The van der Waals surface area contributed by atoms with Crippen molar-refractivity contribution in [3.05, 3.63) is 12.3 Å². The number of aryl methyl sites for hydroxylation is 1. The van der Waals surface area contributed by atoms with Crippen LogP contribution in [-0.4, -0.2) is 44.6 Å². The second-order valence-corrected chi connectivity index (χ2v) is 5.02. The van der Waals surface area contributed by atoms with E-state index in [2.05, 4.69) is 25.2 Å². The first-order chi connectivity index (χ1) is 9.26. The van der Waals surface area contributed by atoms with E-state index in [1.807, 2.05) is 19.3 Å². The molecule has 2 aromatic rings. The molecule has 0 unspecified atom stereocenters. The van der Waals surface area contributed by atoms with Crippen molar-refractivity contribution in [2.75, 3.05) is 24.5 Å². The number of H-pyrrole nitrogens is 1. The molecule has 0 atom stereocenters. The Morgan fingerprint density at radius 1 is 1.42 bits per heavy atom. The van der Waals surface area contributed by atoms with Crippen molar-refractivity contribution in [3.8, 4) is 11.5 Å². The lowest BCUT2D eigenvalue weighted by Gasteiger charge is -2.30. The van der Waals surface area contributed by atoms with Gasteiger partial charge in [-0.05, 0) is 31.4 Å². The van der Waals surface area contributed by atoms with Crippen LogP contribution in [0.1, 0.15) is 12.8 Å². The average Bonchev–Trinajstić information content (AvgIpc) is 3.07. The molecule has 3 heterocycles. The molecule has 102 valence electrons. The van der Waals surface area contributed by atoms with E-state index in [4.69, 9.17) is 5.73 Å². The van der Waals surface area contributed by atoms with Gasteiger partial charge >= 0.3 is 0 Å². The number of hydrogen-bond acceptors (Lipinski definition) is 5. The molecule has 0 saturated carbocycles. The summed E-state index contributed by atoms with van der Waals surface area (Å²) in [5.41, 5.74) is 6.52. The highest BCUT2D eigenvalue weighted by Gasteiger charge is 2.21. The van der Waals surface area contributed by atoms with Crippen LogP contribution < -0.4 is 10.6 Å². The van der Waals surface area contributed by atoms with Gasteiger partial charge < -0.3 is 10.6 Å². The maximum Gasteiger partial charge on any atom is 0.245 e. The standard InChI is InChI=1S/C12H19N7/c1-18-5-4-10(17-18)11-14-12(16-15-11)19-6-2-9(8-13)3-7-19/h4-5,9H,2-3,6-8,13H2,1H3,(H,14,15,16). The lowest BCUT2D eigenvalue weighted by molar-refractivity contribution is 0.411. The van der Waals surface area contributed by atoms with Crippen molar-refractivity contribution in [1.29, 1.82) is 0 Å². The Kier molecular flexibility index (Phi) is 3.20. The lowest BCUT2D eigenvalue weighted by Crippen LogP contribution is -2.36. The summed E-state index contributed by atoms with van der Waals surface area (Å²) >= 11 is 0. The van der Waals surface area contributed by atoms with E-state index in [1.54, 1.807) is 4.68 Å². The van der Waals surface area contributed by atoms with Gasteiger partial charge in [0.05, 0.1) is 0 Å². The molecule has 7 nitrogen and oxygen atoms in total. The molecule has 0 aromatic carbocycles. The van der Waals surface area contributed by atoms with Gasteiger partial charge in [0, 0.05) is 26.3 Å². The molecule has 7 heteroatoms. The Hall–Kier alpha value is -1.89. The molecule has 2 aromatic heterocycles. The molecule has 1 saturated heterocycles. The number of nitrogens with one attached hydrogen (secondary N) is 1. The van der Waals surface area contributed by atoms with E-state index >= 15 is 0 Å². The molecule has 1 fully saturated rings. The molecule has 0 amide bonds. The highest BCUT2D eigenvalue weighted by Crippen LogP contribution is 2.21. The van der Waals surface area contributed by atoms with Gasteiger partial charge in [0.2, 0.25) is 5.95 Å². The minimum atomic E-state index is 0.644. The van der Waals surface area contributed by atoms with Crippen LogP contribution in [0.3, 0.4) is 0 Å². The van der Waals surface area contributed by atoms with Crippen molar-refractivity contribution < 1.29 is 0 Å². The minimum absolute atomic E-state index is 0.644. The van der Waals surface area contributed by atoms with Gasteiger partial charge in [0.1, 0.15) is 5.69 Å². The molecule has 0 aliphatic carbocycles. The van der Waals surface area contributed by atoms with Crippen LogP contribution >= 0.6 is 0 Å². The number of hydrogen-bond donors (Lipinski definition) is 2. The first kappa shape index (κ1) is 12.2. The highest BCUT2D eigenvalue weighted by atomic mass is 15.4. The SMILES string of the molecule is Cn1ccc(-c2nc(N3CCC(CN)CC3)n[nH]2)n1. The predicted octanol–water partition coefficient (Wildman–Crippen LogP) is 0.380. The number of anilines is 1. The Morgan fingerprint density at radius 2 is 2.21 bits per heavy atom. The molecule has 1 aliphatic rings. The summed E-state index contributed by atoms with van der Waals surface area (Å²) < 4.78 is 1.75. The number of nitrogens with zero attached hydrogens (tertiary/aromatic N) is 5. The van der Waals surface area contributed by atoms with E-state index in [9.17, 15) is 0 Å². The summed E-state index contributed by atoms with van der Waals surface area (Å²) in [6.45, 7) is 2.73. The van der Waals surface area contributed by atoms with E-state index in [1.165, 1.54) is 0 Å². The van der Waals surface area contributed by atoms with Gasteiger partial charge in [-0.3, -0.25) is 9.78 Å². The zero-order valence-electron chi connectivity index (χ0n) is 11.1. The largest absolute Gasteiger partial charge is 0.340 e. The average molecular weight is 261 g/mol. The van der Waals surface area contributed by atoms with Crippen molar-refractivity contribution in [3.63, 3.8) is 0 Å². The van der Waals surface area contributed by atoms with Crippen LogP contribution in [0.5, 0.6) is 0 Å². The fraction of sp³-hybridized carbons (Fsp3) is 0.583. The predicted molar refractivity (Wildman–Crippen MR) is 72.6 cm³/mol. The second kappa shape index (κ2) is 5.00. The molecular formula is C12H19N7. The van der Waals surface area contributed by atoms with E-state index in [0.29, 0.717) is 5.92 Å². The monoisotopic (exact) mass is 261 g/mol. The van der Waals surface area contributed by atoms with E-state index < -0.39 is 0 Å². The second-order valence-electron chi connectivity index (χ2n) is 5.02. The summed E-state index contributed by atoms with van der Waals surface area (Å²) in [4.78, 5) is 6.72. The normalized spacial score (nSPS) is 17.1. The van der Waals surface area contributed by atoms with E-state index in [-0.39, 0.29) is 0 Å². The highest BCUT2D eigenvalue weighted by molar-refractivity contribution is 5.50. The Labute approximate surface area is 111 Å². The van der Waals surface area contributed by atoms with Crippen LogP contribution in [0.2, 0.25) is 0 Å². The smallest absolute Gasteiger partial charge is 0.245 e. The van der Waals surface area contributed by atoms with Gasteiger partial charge in [0.15, 0.2) is 5.82 Å². The Bertz CT molecular complexity index is 536. The zero-order chi connectivity index (χ0) is 13.2. The third-order valence-corrected chi connectivity index (χ3v) is 3.66. The molecule has 3 N–H and O–H groups in total. The molecule has 0 bridgehead atoms. The van der Waals surface area contributed by atoms with Gasteiger partial charge in [-0.2, -0.15) is 10.1 Å². The van der Waals surface area contributed by atoms with Crippen molar-refractivity contribution in [2.45, 2.75) is 12.8 Å². The lowest BCUT2D eigenvalue weighted by atomic mass is 9.97. The number of piperidine rings is 1. The van der Waals surface area contributed by atoms with Gasteiger partial charge in [0.25, 0.3) is 0 Å². The fourth-order valence-electron chi connectivity index (χ4n) is 2.42. The van der Waals surface area contributed by atoms with Crippen molar-refractivity contribution in [1.82, 2.24) is 25.0 Å². The molecule has 19 heavy (non-hydrogen) atoms. The Balaban J connectivity index is 1.72. The summed E-state index contributed by atoms with van der Waals surface area (Å²) in [7, 11) is 1.89. The number of aromatic amines is 1. The first-order valence-electron chi connectivity index (χ1n) is 6.63. The van der Waals surface area contributed by atoms with Gasteiger partial charge in [-0.25, -0.2) is 0 Å². The summed E-state index contributed by atoms with van der Waals surface area (Å²) in [5.74, 6) is 2.12. The molecular weight excluding hydrogens is 242 g/mol. The third-order valence-electron chi connectivity index (χ3n) is 3.66. The van der Waals surface area contributed by atoms with Gasteiger partial charge in [-0.15, -0.1) is 5.10 Å². The zero-order valence-corrected chi connectivity index (χ0v) is 11.1. The molecule has 1 aliphatic heterocycles. The van der Waals surface area contributed by atoms with Crippen LogP contribution in [0.4, 0.5) is 5.95 Å². The van der Waals surface area contributed by atoms with Gasteiger partial charge in [-0.1, -0.05) is 0 Å². The van der Waals surface area contributed by atoms with Crippen LogP contribution in [0.25, 0.3) is 11.5 Å². The molecule has 0 spiro atoms. The third kappa shape index (κ3) is 2.46. The minimum Gasteiger partial charge on any atom is -0.340 e. The number of aromatic nitrogens is 5. The summed E-state index contributed by atoms with van der Waals surface area (Å²) in [6, 6.07) is 1.92. The van der Waals surface area contributed by atoms with Crippen molar-refractivity contribution >= 4 is 5.95 Å². The molecule has 3 rings (SSSR count). The first-order valence-corrected chi connectivity index (χ1v) is 6.63. The fourth-order valence-corrected chi connectivity index (χ4v) is 2.42. The topological polar surface area (TPSA) is 88.6 Å². The van der Waals surface area contributed by atoms with E-state index in [0.717, 1.165) is 49.9 Å². The quantitative estimate of drug-likeness (QED) is 0.834. The maximum absolute atomic E-state index is 5.70. The molecule has 0 radical (unpaired) electrons. The Morgan fingerprint density at radius 3 is 2.84 bits per heavy atom. The van der Waals surface area contributed by atoms with Crippen LogP contribution in [0, 0.1) is 5.92 Å². The van der Waals surface area contributed by atoms with Crippen LogP contribution in [0.15, 0.2) is 12.3 Å². The number of rotatable bonds is 3. The number of nitrogens with two attached hydrogens (primary N) is 1. The summed E-state index contributed by atoms with van der Waals surface area (Å²) in [5, 5.41) is 11.6. The maximum atomic E-state index is 5.70.